The van der Waals surface area contributed by atoms with Crippen LogP contribution in [0.1, 0.15) is 19.4 Å². The summed E-state index contributed by atoms with van der Waals surface area (Å²) < 4.78 is 0. The summed E-state index contributed by atoms with van der Waals surface area (Å²) in [5.41, 5.74) is 7.00. The van der Waals surface area contributed by atoms with Crippen molar-refractivity contribution in [2.75, 3.05) is 11.5 Å². The number of hydrogen-bond donors (Lipinski definition) is 1. The fourth-order valence-corrected chi connectivity index (χ4v) is 2.36. The number of thioether (sulfide) groups is 1. The third-order valence-corrected chi connectivity index (χ3v) is 3.60. The fourth-order valence-electron chi connectivity index (χ4n) is 1.31. The number of nitro benzene ring substituents is 1. The molecule has 1 aromatic carbocycles. The van der Waals surface area contributed by atoms with Gasteiger partial charge in [-0.15, -0.1) is 0 Å². The molecule has 0 bridgehead atoms. The van der Waals surface area contributed by atoms with E-state index in [-0.39, 0.29) is 16.1 Å². The molecule has 1 aromatic rings. The number of nitro groups is 1. The molecule has 0 fully saturated rings. The van der Waals surface area contributed by atoms with E-state index < -0.39 is 0 Å². The predicted octanol–water partition coefficient (Wildman–Crippen LogP) is 2.61. The molecular weight excluding hydrogens is 236 g/mol. The lowest BCUT2D eigenvalue weighted by molar-refractivity contribution is -0.384. The number of nitrogens with two attached hydrogens (primary N) is 1. The van der Waals surface area contributed by atoms with Gasteiger partial charge in [0.15, 0.2) is 0 Å². The highest BCUT2D eigenvalue weighted by molar-refractivity contribution is 7.99. The van der Waals surface area contributed by atoms with Crippen LogP contribution in [0.25, 0.3) is 0 Å². The minimum atomic E-state index is -0.379. The molecule has 0 spiro atoms. The second kappa shape index (κ2) is 6.02. The highest BCUT2D eigenvalue weighted by Crippen LogP contribution is 2.15. The van der Waals surface area contributed by atoms with Crippen LogP contribution < -0.4 is 5.73 Å². The molecule has 0 aliphatic carbocycles. The van der Waals surface area contributed by atoms with Gasteiger partial charge in [0.2, 0.25) is 0 Å². The van der Waals surface area contributed by atoms with Crippen LogP contribution in [-0.4, -0.2) is 22.0 Å². The average Bonchev–Trinajstić information content (AvgIpc) is 2.24. The molecule has 0 aromatic heterocycles. The van der Waals surface area contributed by atoms with Crippen LogP contribution >= 0.6 is 11.8 Å². The maximum atomic E-state index is 10.5. The van der Waals surface area contributed by atoms with Gasteiger partial charge in [0, 0.05) is 23.4 Å². The van der Waals surface area contributed by atoms with E-state index in [2.05, 4.69) is 0 Å². The third kappa shape index (κ3) is 5.70. The Hall–Kier alpha value is -1.07. The summed E-state index contributed by atoms with van der Waals surface area (Å²) in [7, 11) is 0. The van der Waals surface area contributed by atoms with Crippen molar-refractivity contribution in [3.63, 3.8) is 0 Å². The summed E-state index contributed by atoms with van der Waals surface area (Å²) in [6.07, 6.45) is 0.915. The lowest BCUT2D eigenvalue weighted by Gasteiger charge is -2.17. The van der Waals surface area contributed by atoms with Gasteiger partial charge in [-0.2, -0.15) is 11.8 Å². The summed E-state index contributed by atoms with van der Waals surface area (Å²) in [6, 6.07) is 6.72. The molecule has 1 rings (SSSR count). The molecule has 0 radical (unpaired) electrons. The minimum absolute atomic E-state index is 0.139. The Bertz CT molecular complexity index is 371. The zero-order valence-corrected chi connectivity index (χ0v) is 11.0. The van der Waals surface area contributed by atoms with Crippen molar-refractivity contribution < 1.29 is 4.92 Å². The molecule has 0 heterocycles. The van der Waals surface area contributed by atoms with Gasteiger partial charge in [-0.05, 0) is 31.6 Å². The molecule has 0 unspecified atom stereocenters. The van der Waals surface area contributed by atoms with Gasteiger partial charge >= 0.3 is 0 Å². The lowest BCUT2D eigenvalue weighted by atomic mass is 10.1. The molecule has 0 saturated heterocycles. The molecule has 5 heteroatoms. The Morgan fingerprint density at radius 3 is 2.41 bits per heavy atom. The average molecular weight is 254 g/mol. The minimum Gasteiger partial charge on any atom is -0.325 e. The highest BCUT2D eigenvalue weighted by atomic mass is 32.2. The normalized spacial score (nSPS) is 11.5. The van der Waals surface area contributed by atoms with E-state index in [1.807, 2.05) is 26.0 Å². The number of non-ortho nitro benzene ring substituents is 1. The molecule has 0 aliphatic heterocycles. The van der Waals surface area contributed by atoms with Gasteiger partial charge in [0.25, 0.3) is 5.69 Å². The van der Waals surface area contributed by atoms with Crippen LogP contribution in [-0.2, 0) is 6.42 Å². The SMILES string of the molecule is CC(C)(N)CSCCc1ccc([N+](=O)[O-])cc1. The van der Waals surface area contributed by atoms with Gasteiger partial charge in [-0.25, -0.2) is 0 Å². The zero-order valence-electron chi connectivity index (χ0n) is 10.2. The molecule has 94 valence electrons. The first-order valence-electron chi connectivity index (χ1n) is 5.48. The number of benzene rings is 1. The first-order chi connectivity index (χ1) is 7.88. The van der Waals surface area contributed by atoms with E-state index in [0.29, 0.717) is 0 Å². The first-order valence-corrected chi connectivity index (χ1v) is 6.64. The second-order valence-corrected chi connectivity index (χ2v) is 5.82. The van der Waals surface area contributed by atoms with E-state index in [1.54, 1.807) is 23.9 Å². The van der Waals surface area contributed by atoms with E-state index in [1.165, 1.54) is 0 Å². The summed E-state index contributed by atoms with van der Waals surface area (Å²) in [5.74, 6) is 1.90. The van der Waals surface area contributed by atoms with E-state index in [0.717, 1.165) is 23.5 Å². The smallest absolute Gasteiger partial charge is 0.269 e. The molecule has 0 saturated carbocycles. The molecule has 0 atom stereocenters. The molecule has 4 nitrogen and oxygen atoms in total. The Morgan fingerprint density at radius 1 is 1.35 bits per heavy atom. The number of rotatable bonds is 6. The van der Waals surface area contributed by atoms with Crippen LogP contribution in [0, 0.1) is 10.1 Å². The molecular formula is C12H18N2O2S. The van der Waals surface area contributed by atoms with Crippen LogP contribution in [0.15, 0.2) is 24.3 Å². The third-order valence-electron chi connectivity index (χ3n) is 2.16. The van der Waals surface area contributed by atoms with E-state index >= 15 is 0 Å². The van der Waals surface area contributed by atoms with Crippen molar-refractivity contribution in [1.82, 2.24) is 0 Å². The van der Waals surface area contributed by atoms with Crippen molar-refractivity contribution in [2.45, 2.75) is 25.8 Å². The summed E-state index contributed by atoms with van der Waals surface area (Å²) in [4.78, 5) is 10.1. The number of nitrogens with zero attached hydrogens (tertiary/aromatic N) is 1. The van der Waals surface area contributed by atoms with Crippen molar-refractivity contribution in [1.29, 1.82) is 0 Å². The van der Waals surface area contributed by atoms with Crippen molar-refractivity contribution in [2.24, 2.45) is 5.73 Å². The number of aryl methyl sites for hydroxylation is 1. The summed E-state index contributed by atoms with van der Waals surface area (Å²) >= 11 is 1.81. The van der Waals surface area contributed by atoms with Crippen molar-refractivity contribution in [3.8, 4) is 0 Å². The van der Waals surface area contributed by atoms with E-state index in [9.17, 15) is 10.1 Å². The zero-order chi connectivity index (χ0) is 12.9. The number of hydrogen-bond acceptors (Lipinski definition) is 4. The predicted molar refractivity (Wildman–Crippen MR) is 72.4 cm³/mol. The van der Waals surface area contributed by atoms with Crippen LogP contribution in [0.3, 0.4) is 0 Å². The van der Waals surface area contributed by atoms with Crippen molar-refractivity contribution in [3.05, 3.63) is 39.9 Å². The van der Waals surface area contributed by atoms with Gasteiger partial charge in [0.1, 0.15) is 0 Å². The molecule has 0 amide bonds. The first kappa shape index (κ1) is 14.0. The van der Waals surface area contributed by atoms with Gasteiger partial charge in [-0.1, -0.05) is 12.1 Å². The Labute approximate surface area is 106 Å². The van der Waals surface area contributed by atoms with Gasteiger partial charge in [-0.3, -0.25) is 10.1 Å². The van der Waals surface area contributed by atoms with Crippen LogP contribution in [0.2, 0.25) is 0 Å². The Kier molecular flexibility index (Phi) is 4.96. The summed E-state index contributed by atoms with van der Waals surface area (Å²) in [6.45, 7) is 4.01. The molecule has 2 N–H and O–H groups in total. The standard InChI is InChI=1S/C12H18N2O2S/c1-12(2,13)9-17-8-7-10-3-5-11(6-4-10)14(15)16/h3-6H,7-9,13H2,1-2H3. The van der Waals surface area contributed by atoms with Gasteiger partial charge in [0.05, 0.1) is 4.92 Å². The monoisotopic (exact) mass is 254 g/mol. The van der Waals surface area contributed by atoms with Crippen LogP contribution in [0.4, 0.5) is 5.69 Å². The van der Waals surface area contributed by atoms with Crippen LogP contribution in [0.5, 0.6) is 0 Å². The van der Waals surface area contributed by atoms with Crippen molar-refractivity contribution >= 4 is 17.4 Å². The maximum absolute atomic E-state index is 10.5. The lowest BCUT2D eigenvalue weighted by Crippen LogP contribution is -2.34. The fraction of sp³-hybridized carbons (Fsp3) is 0.500. The largest absolute Gasteiger partial charge is 0.325 e. The Balaban J connectivity index is 2.35. The topological polar surface area (TPSA) is 69.2 Å². The second-order valence-electron chi connectivity index (χ2n) is 4.71. The summed E-state index contributed by atoms with van der Waals surface area (Å²) in [5, 5.41) is 10.5. The molecule has 0 aliphatic rings. The highest BCUT2D eigenvalue weighted by Gasteiger charge is 2.10. The Morgan fingerprint density at radius 2 is 1.94 bits per heavy atom. The van der Waals surface area contributed by atoms with E-state index in [4.69, 9.17) is 5.73 Å². The van der Waals surface area contributed by atoms with Gasteiger partial charge < -0.3 is 5.73 Å². The maximum Gasteiger partial charge on any atom is 0.269 e. The quantitative estimate of drug-likeness (QED) is 0.481. The molecule has 17 heavy (non-hydrogen) atoms.